The van der Waals surface area contributed by atoms with Crippen molar-refractivity contribution in [3.63, 3.8) is 0 Å². The third-order valence-electron chi connectivity index (χ3n) is 3.67. The predicted octanol–water partition coefficient (Wildman–Crippen LogP) is 3.71. The Labute approximate surface area is 181 Å². The van der Waals surface area contributed by atoms with Crippen LogP contribution < -0.4 is 4.74 Å². The Bertz CT molecular complexity index is 904. The van der Waals surface area contributed by atoms with Crippen LogP contribution in [0.1, 0.15) is 18.1 Å². The monoisotopic (exact) mass is 513 g/mol. The number of nitrogens with zero attached hydrogens (tertiary/aromatic N) is 1. The van der Waals surface area contributed by atoms with E-state index >= 15 is 0 Å². The number of halogens is 4. The van der Waals surface area contributed by atoms with E-state index in [1.807, 2.05) is 0 Å². The first kappa shape index (κ1) is 24.2. The largest absolute Gasteiger partial charge is 0.511 e. The van der Waals surface area contributed by atoms with Crippen LogP contribution in [0.3, 0.4) is 0 Å². The zero-order chi connectivity index (χ0) is 23.3. The zero-order valence-electron chi connectivity index (χ0n) is 15.9. The number of carbonyl (C=O) groups is 2. The van der Waals surface area contributed by atoms with Crippen molar-refractivity contribution in [3.8, 4) is 5.75 Å². The Morgan fingerprint density at radius 3 is 2.58 bits per heavy atom. The van der Waals surface area contributed by atoms with E-state index in [9.17, 15) is 32.9 Å². The Balaban J connectivity index is 2.09. The standard InChI is InChI=1S/C17H15BrF3NO9/c1-8-5-11(18)6-10-7-12(14(17(19,20)21)31-13(8)10)15(23)29-9(2)30-16(24)27-3-4-28-22(25)26/h5-7,9,14H,3-4H2,1-2H3/t9?,14-/m0/s1. The van der Waals surface area contributed by atoms with E-state index in [-0.39, 0.29) is 11.3 Å². The number of alkyl halides is 3. The van der Waals surface area contributed by atoms with Gasteiger partial charge in [0.05, 0.1) is 5.57 Å². The van der Waals surface area contributed by atoms with Crippen LogP contribution >= 0.6 is 15.9 Å². The molecule has 0 saturated carbocycles. The van der Waals surface area contributed by atoms with Crippen LogP contribution in [0.25, 0.3) is 6.08 Å². The van der Waals surface area contributed by atoms with E-state index in [2.05, 4.69) is 30.2 Å². The SMILES string of the molecule is Cc1cc(Br)cc2c1O[C@H](C(F)(F)F)C(C(=O)OC(C)OC(=O)OCCO[N+](=O)[O-])=C2. The van der Waals surface area contributed by atoms with E-state index < -0.39 is 54.6 Å². The van der Waals surface area contributed by atoms with Crippen molar-refractivity contribution in [3.05, 3.63) is 43.4 Å². The van der Waals surface area contributed by atoms with Gasteiger partial charge in [0.2, 0.25) is 12.4 Å². The summed E-state index contributed by atoms with van der Waals surface area (Å²) in [5.74, 6) is -1.46. The average molecular weight is 514 g/mol. The Morgan fingerprint density at radius 1 is 1.29 bits per heavy atom. The number of ether oxygens (including phenoxy) is 4. The second-order valence-corrected chi connectivity index (χ2v) is 6.94. The molecule has 2 rings (SSSR count). The average Bonchev–Trinajstić information content (AvgIpc) is 2.63. The third kappa shape index (κ3) is 6.73. The molecule has 0 amide bonds. The van der Waals surface area contributed by atoms with Gasteiger partial charge in [0.15, 0.2) is 0 Å². The number of aryl methyl sites for hydroxylation is 1. The van der Waals surface area contributed by atoms with Crippen LogP contribution in [-0.2, 0) is 23.8 Å². The lowest BCUT2D eigenvalue weighted by Gasteiger charge is -2.29. The van der Waals surface area contributed by atoms with Crippen molar-refractivity contribution in [2.75, 3.05) is 13.2 Å². The molecule has 14 heteroatoms. The summed E-state index contributed by atoms with van der Waals surface area (Å²) >= 11 is 3.21. The topological polar surface area (TPSA) is 123 Å². The molecule has 0 fully saturated rings. The van der Waals surface area contributed by atoms with Gasteiger partial charge in [-0.3, -0.25) is 0 Å². The zero-order valence-corrected chi connectivity index (χ0v) is 17.5. The highest BCUT2D eigenvalue weighted by Crippen LogP contribution is 2.40. The number of carbonyl (C=O) groups excluding carboxylic acids is 2. The minimum Gasteiger partial charge on any atom is -0.475 e. The maximum absolute atomic E-state index is 13.5. The first-order chi connectivity index (χ1) is 14.4. The van der Waals surface area contributed by atoms with Crippen molar-refractivity contribution >= 4 is 34.1 Å². The van der Waals surface area contributed by atoms with Crippen LogP contribution in [0.4, 0.5) is 18.0 Å². The Hall–Kier alpha value is -3.03. The summed E-state index contributed by atoms with van der Waals surface area (Å²) in [5, 5.41) is 8.86. The van der Waals surface area contributed by atoms with Crippen molar-refractivity contribution in [2.45, 2.75) is 32.4 Å². The second kappa shape index (κ2) is 9.85. The number of rotatable bonds is 7. The van der Waals surface area contributed by atoms with Crippen LogP contribution in [0.5, 0.6) is 5.75 Å². The summed E-state index contributed by atoms with van der Waals surface area (Å²) in [6.45, 7) is 1.50. The highest BCUT2D eigenvalue weighted by molar-refractivity contribution is 9.10. The molecule has 0 bridgehead atoms. The summed E-state index contributed by atoms with van der Waals surface area (Å²) in [4.78, 5) is 37.6. The van der Waals surface area contributed by atoms with Crippen LogP contribution in [0, 0.1) is 17.0 Å². The molecule has 1 aliphatic heterocycles. The summed E-state index contributed by atoms with van der Waals surface area (Å²) in [6.07, 6.45) is -9.54. The fourth-order valence-electron chi connectivity index (χ4n) is 2.51. The van der Waals surface area contributed by atoms with Gasteiger partial charge in [0.25, 0.3) is 5.09 Å². The first-order valence-corrected chi connectivity index (χ1v) is 9.24. The van der Waals surface area contributed by atoms with E-state index in [1.165, 1.54) is 6.07 Å². The summed E-state index contributed by atoms with van der Waals surface area (Å²) < 4.78 is 59.8. The molecule has 0 aromatic heterocycles. The number of fused-ring (bicyclic) bond motifs is 1. The molecule has 0 N–H and O–H groups in total. The predicted molar refractivity (Wildman–Crippen MR) is 98.3 cm³/mol. The first-order valence-electron chi connectivity index (χ1n) is 8.45. The van der Waals surface area contributed by atoms with E-state index in [4.69, 9.17) is 9.47 Å². The number of esters is 1. The van der Waals surface area contributed by atoms with Crippen LogP contribution in [0.2, 0.25) is 0 Å². The van der Waals surface area contributed by atoms with E-state index in [0.29, 0.717) is 10.0 Å². The quantitative estimate of drug-likeness (QED) is 0.176. The third-order valence-corrected chi connectivity index (χ3v) is 4.12. The van der Waals surface area contributed by atoms with Gasteiger partial charge in [-0.05, 0) is 30.7 Å². The van der Waals surface area contributed by atoms with Crippen molar-refractivity contribution < 1.29 is 51.6 Å². The molecule has 0 aliphatic carbocycles. The van der Waals surface area contributed by atoms with Gasteiger partial charge in [0.1, 0.15) is 19.0 Å². The summed E-state index contributed by atoms with van der Waals surface area (Å²) in [5.41, 5.74) is -0.207. The van der Waals surface area contributed by atoms with Gasteiger partial charge >= 0.3 is 18.3 Å². The van der Waals surface area contributed by atoms with Crippen molar-refractivity contribution in [2.24, 2.45) is 0 Å². The Morgan fingerprint density at radius 2 is 1.97 bits per heavy atom. The van der Waals surface area contributed by atoms with Crippen LogP contribution in [0.15, 0.2) is 22.2 Å². The normalized spacial score (nSPS) is 16.2. The minimum atomic E-state index is -4.93. The van der Waals surface area contributed by atoms with Crippen molar-refractivity contribution in [1.29, 1.82) is 0 Å². The van der Waals surface area contributed by atoms with Gasteiger partial charge in [-0.15, -0.1) is 10.1 Å². The molecule has 1 unspecified atom stereocenters. The molecule has 0 radical (unpaired) electrons. The lowest BCUT2D eigenvalue weighted by molar-refractivity contribution is -0.757. The van der Waals surface area contributed by atoms with Gasteiger partial charge in [0, 0.05) is 17.0 Å². The van der Waals surface area contributed by atoms with Crippen LogP contribution in [-0.4, -0.2) is 49.0 Å². The molecule has 10 nitrogen and oxygen atoms in total. The lowest BCUT2D eigenvalue weighted by atomic mass is 9.99. The molecule has 170 valence electrons. The van der Waals surface area contributed by atoms with E-state index in [1.54, 1.807) is 13.0 Å². The van der Waals surface area contributed by atoms with Gasteiger partial charge in [-0.25, -0.2) is 9.59 Å². The fraction of sp³-hybridized carbons (Fsp3) is 0.412. The molecule has 0 spiro atoms. The molecule has 31 heavy (non-hydrogen) atoms. The fourth-order valence-corrected chi connectivity index (χ4v) is 3.10. The summed E-state index contributed by atoms with van der Waals surface area (Å²) in [6, 6.07) is 3.02. The highest BCUT2D eigenvalue weighted by atomic mass is 79.9. The molecular formula is C17H15BrF3NO9. The Kier molecular flexibility index (Phi) is 7.70. The van der Waals surface area contributed by atoms with Gasteiger partial charge < -0.3 is 23.8 Å². The van der Waals surface area contributed by atoms with Gasteiger partial charge in [-0.2, -0.15) is 13.2 Å². The molecule has 1 heterocycles. The molecule has 0 saturated heterocycles. The van der Waals surface area contributed by atoms with Gasteiger partial charge in [-0.1, -0.05) is 15.9 Å². The number of hydrogen-bond donors (Lipinski definition) is 0. The maximum Gasteiger partial charge on any atom is 0.511 e. The molecule has 1 aromatic rings. The maximum atomic E-state index is 13.5. The second-order valence-electron chi connectivity index (χ2n) is 6.03. The summed E-state index contributed by atoms with van der Waals surface area (Å²) in [7, 11) is 0. The molecule has 1 aromatic carbocycles. The molecule has 1 aliphatic rings. The smallest absolute Gasteiger partial charge is 0.475 e. The van der Waals surface area contributed by atoms with E-state index in [0.717, 1.165) is 13.0 Å². The molecular weight excluding hydrogens is 499 g/mol. The highest BCUT2D eigenvalue weighted by Gasteiger charge is 2.49. The number of hydrogen-bond acceptors (Lipinski definition) is 9. The molecule has 2 atom stereocenters. The van der Waals surface area contributed by atoms with Crippen molar-refractivity contribution in [1.82, 2.24) is 0 Å². The minimum absolute atomic E-state index is 0.0353. The lowest BCUT2D eigenvalue weighted by Crippen LogP contribution is -2.41. The number of benzene rings is 1.